The van der Waals surface area contributed by atoms with E-state index in [1.807, 2.05) is 6.07 Å². The van der Waals surface area contributed by atoms with Crippen LogP contribution in [0.3, 0.4) is 0 Å². The van der Waals surface area contributed by atoms with Crippen LogP contribution in [0.2, 0.25) is 0 Å². The molecule has 104 valence electrons. The normalized spacial score (nSPS) is 14.4. The number of amides is 1. The molecule has 0 bridgehead atoms. The van der Waals surface area contributed by atoms with Crippen molar-refractivity contribution in [2.45, 2.75) is 52.0 Å². The van der Waals surface area contributed by atoms with Crippen LogP contribution in [-0.4, -0.2) is 18.5 Å². The number of carbonyl (C=O) groups excluding carboxylic acids is 1. The number of hydrogen-bond acceptors (Lipinski definition) is 2. The Hall–Kier alpha value is -1.35. The van der Waals surface area contributed by atoms with Crippen molar-refractivity contribution in [1.29, 1.82) is 0 Å². The predicted octanol–water partition coefficient (Wildman–Crippen LogP) is 2.89. The van der Waals surface area contributed by atoms with E-state index >= 15 is 0 Å². The van der Waals surface area contributed by atoms with Gasteiger partial charge in [-0.15, -0.1) is 0 Å². The van der Waals surface area contributed by atoms with Crippen LogP contribution in [0.15, 0.2) is 18.2 Å². The Morgan fingerprint density at radius 1 is 1.26 bits per heavy atom. The van der Waals surface area contributed by atoms with Crippen molar-refractivity contribution in [3.63, 3.8) is 0 Å². The average molecular weight is 260 g/mol. The molecule has 1 aliphatic rings. The van der Waals surface area contributed by atoms with Gasteiger partial charge >= 0.3 is 0 Å². The lowest BCUT2D eigenvalue weighted by Gasteiger charge is -2.17. The predicted molar refractivity (Wildman–Crippen MR) is 79.5 cm³/mol. The molecule has 0 saturated carbocycles. The summed E-state index contributed by atoms with van der Waals surface area (Å²) < 4.78 is 0. The van der Waals surface area contributed by atoms with Crippen molar-refractivity contribution in [3.8, 4) is 0 Å². The first kappa shape index (κ1) is 14.1. The Kier molecular flexibility index (Phi) is 4.97. The molecule has 0 saturated heterocycles. The van der Waals surface area contributed by atoms with E-state index in [1.54, 1.807) is 0 Å². The number of aryl methyl sites for hydroxylation is 2. The van der Waals surface area contributed by atoms with Gasteiger partial charge < -0.3 is 10.6 Å². The summed E-state index contributed by atoms with van der Waals surface area (Å²) in [5.41, 5.74) is 3.68. The summed E-state index contributed by atoms with van der Waals surface area (Å²) in [6.45, 7) is 5.45. The first-order valence-corrected chi connectivity index (χ1v) is 7.30. The molecule has 0 unspecified atom stereocenters. The third-order valence-corrected chi connectivity index (χ3v) is 3.51. The highest BCUT2D eigenvalue weighted by Crippen LogP contribution is 2.24. The van der Waals surface area contributed by atoms with Crippen molar-refractivity contribution in [3.05, 3.63) is 29.3 Å². The van der Waals surface area contributed by atoms with Gasteiger partial charge in [0.2, 0.25) is 5.91 Å². The van der Waals surface area contributed by atoms with Crippen LogP contribution in [0.4, 0.5) is 5.69 Å². The fourth-order valence-corrected chi connectivity index (χ4v) is 2.44. The zero-order valence-corrected chi connectivity index (χ0v) is 12.0. The highest BCUT2D eigenvalue weighted by Gasteiger charge is 2.14. The number of unbranched alkanes of at least 4 members (excludes halogenated alkanes) is 1. The number of fused-ring (bicyclic) bond motifs is 1. The van der Waals surface area contributed by atoms with E-state index in [0.29, 0.717) is 12.5 Å². The second-order valence-corrected chi connectivity index (χ2v) is 5.61. The van der Waals surface area contributed by atoms with E-state index in [-0.39, 0.29) is 5.91 Å². The van der Waals surface area contributed by atoms with Crippen molar-refractivity contribution < 1.29 is 4.79 Å². The summed E-state index contributed by atoms with van der Waals surface area (Å²) in [6.07, 6.45) is 5.05. The number of benzene rings is 1. The average Bonchev–Trinajstić information content (AvgIpc) is 2.38. The molecule has 2 rings (SSSR count). The van der Waals surface area contributed by atoms with E-state index in [0.717, 1.165) is 25.1 Å². The molecular formula is C16H24N2O. The van der Waals surface area contributed by atoms with Crippen LogP contribution >= 0.6 is 0 Å². The number of hydrogen-bond donors (Lipinski definition) is 2. The monoisotopic (exact) mass is 260 g/mol. The van der Waals surface area contributed by atoms with Crippen LogP contribution < -0.4 is 10.6 Å². The van der Waals surface area contributed by atoms with Crippen LogP contribution in [0.25, 0.3) is 0 Å². The highest BCUT2D eigenvalue weighted by molar-refractivity contribution is 5.93. The second-order valence-electron chi connectivity index (χ2n) is 5.61. The lowest BCUT2D eigenvalue weighted by atomic mass is 9.98. The molecule has 0 aliphatic carbocycles. The van der Waals surface area contributed by atoms with Crippen LogP contribution in [0, 0.1) is 0 Å². The molecule has 0 fully saturated rings. The SMILES string of the molecule is CC(C)NCCCCc1ccc2c(c1)CCC(=O)N2. The molecule has 0 radical (unpaired) electrons. The van der Waals surface area contributed by atoms with Crippen LogP contribution in [0.1, 0.15) is 44.2 Å². The van der Waals surface area contributed by atoms with E-state index in [1.165, 1.54) is 24.0 Å². The van der Waals surface area contributed by atoms with Crippen molar-refractivity contribution in [1.82, 2.24) is 5.32 Å². The van der Waals surface area contributed by atoms with Crippen molar-refractivity contribution in [2.24, 2.45) is 0 Å². The van der Waals surface area contributed by atoms with Crippen LogP contribution in [0.5, 0.6) is 0 Å². The van der Waals surface area contributed by atoms with Gasteiger partial charge in [0.1, 0.15) is 0 Å². The summed E-state index contributed by atoms with van der Waals surface area (Å²) in [5.74, 6) is 0.139. The van der Waals surface area contributed by atoms with Gasteiger partial charge in [0.15, 0.2) is 0 Å². The highest BCUT2D eigenvalue weighted by atomic mass is 16.1. The van der Waals surface area contributed by atoms with Crippen molar-refractivity contribution in [2.75, 3.05) is 11.9 Å². The lowest BCUT2D eigenvalue weighted by Crippen LogP contribution is -2.23. The summed E-state index contributed by atoms with van der Waals surface area (Å²) in [4.78, 5) is 11.3. The number of nitrogens with one attached hydrogen (secondary N) is 2. The molecule has 1 amide bonds. The molecular weight excluding hydrogens is 236 g/mol. The molecule has 3 heteroatoms. The summed E-state index contributed by atoms with van der Waals surface area (Å²) in [6, 6.07) is 7.02. The van der Waals surface area contributed by atoms with Gasteiger partial charge in [0, 0.05) is 18.2 Å². The summed E-state index contributed by atoms with van der Waals surface area (Å²) in [7, 11) is 0. The minimum Gasteiger partial charge on any atom is -0.326 e. The zero-order valence-electron chi connectivity index (χ0n) is 12.0. The van der Waals surface area contributed by atoms with E-state index in [4.69, 9.17) is 0 Å². The topological polar surface area (TPSA) is 41.1 Å². The largest absolute Gasteiger partial charge is 0.326 e. The molecule has 3 nitrogen and oxygen atoms in total. The molecule has 1 aromatic carbocycles. The van der Waals surface area contributed by atoms with Crippen molar-refractivity contribution >= 4 is 11.6 Å². The maximum absolute atomic E-state index is 11.3. The Bertz CT molecular complexity index is 440. The van der Waals surface area contributed by atoms with E-state index in [9.17, 15) is 4.79 Å². The number of rotatable bonds is 6. The first-order chi connectivity index (χ1) is 9.15. The quantitative estimate of drug-likeness (QED) is 0.772. The molecule has 1 heterocycles. The smallest absolute Gasteiger partial charge is 0.224 e. The van der Waals surface area contributed by atoms with Gasteiger partial charge in [-0.1, -0.05) is 26.0 Å². The number of carbonyl (C=O) groups is 1. The lowest BCUT2D eigenvalue weighted by molar-refractivity contribution is -0.116. The fourth-order valence-electron chi connectivity index (χ4n) is 2.44. The van der Waals surface area contributed by atoms with E-state index in [2.05, 4.69) is 36.6 Å². The molecule has 0 spiro atoms. The number of anilines is 1. The Morgan fingerprint density at radius 3 is 2.89 bits per heavy atom. The first-order valence-electron chi connectivity index (χ1n) is 7.30. The Balaban J connectivity index is 1.80. The van der Waals surface area contributed by atoms with Gasteiger partial charge in [-0.2, -0.15) is 0 Å². The molecule has 0 aromatic heterocycles. The Labute approximate surface area is 115 Å². The second kappa shape index (κ2) is 6.71. The maximum Gasteiger partial charge on any atom is 0.224 e. The van der Waals surface area contributed by atoms with Gasteiger partial charge in [0.25, 0.3) is 0 Å². The minimum absolute atomic E-state index is 0.139. The third kappa shape index (κ3) is 4.35. The van der Waals surface area contributed by atoms with Crippen LogP contribution in [-0.2, 0) is 17.6 Å². The minimum atomic E-state index is 0.139. The summed E-state index contributed by atoms with van der Waals surface area (Å²) >= 11 is 0. The third-order valence-electron chi connectivity index (χ3n) is 3.51. The molecule has 2 N–H and O–H groups in total. The van der Waals surface area contributed by atoms with Gasteiger partial charge in [-0.25, -0.2) is 0 Å². The van der Waals surface area contributed by atoms with Gasteiger partial charge in [-0.05, 0) is 49.4 Å². The molecule has 1 aliphatic heterocycles. The molecule has 0 atom stereocenters. The molecule has 1 aromatic rings. The fraction of sp³-hybridized carbons (Fsp3) is 0.562. The Morgan fingerprint density at radius 2 is 2.11 bits per heavy atom. The molecule has 19 heavy (non-hydrogen) atoms. The maximum atomic E-state index is 11.3. The summed E-state index contributed by atoms with van der Waals surface area (Å²) in [5, 5.41) is 6.37. The van der Waals surface area contributed by atoms with Gasteiger partial charge in [-0.3, -0.25) is 4.79 Å². The zero-order chi connectivity index (χ0) is 13.7. The van der Waals surface area contributed by atoms with Gasteiger partial charge in [0.05, 0.1) is 0 Å². The van der Waals surface area contributed by atoms with E-state index < -0.39 is 0 Å². The standard InChI is InChI=1S/C16H24N2O/c1-12(2)17-10-4-3-5-13-6-8-15-14(11-13)7-9-16(19)18-15/h6,8,11-12,17H,3-5,7,9-10H2,1-2H3,(H,18,19).